The lowest BCUT2D eigenvalue weighted by Gasteiger charge is -2.29. The minimum Gasteiger partial charge on any atom is -0.465 e. The lowest BCUT2D eigenvalue weighted by Crippen LogP contribution is -2.47. The predicted molar refractivity (Wildman–Crippen MR) is 195 cm³/mol. The number of halogens is 2. The van der Waals surface area contributed by atoms with Crippen LogP contribution in [0.3, 0.4) is 0 Å². The maximum atomic E-state index is 14.6. The van der Waals surface area contributed by atoms with E-state index in [0.717, 1.165) is 47.0 Å². The van der Waals surface area contributed by atoms with Crippen LogP contribution in [0.15, 0.2) is 48.6 Å². The number of sulfonamides is 1. The van der Waals surface area contributed by atoms with Gasteiger partial charge >= 0.3 is 0 Å². The first-order valence-electron chi connectivity index (χ1n) is 17.8. The molecule has 2 aromatic carbocycles. The maximum Gasteiger partial charge on any atom is 0.274 e. The van der Waals surface area contributed by atoms with Gasteiger partial charge in [-0.15, -0.1) is 0 Å². The summed E-state index contributed by atoms with van der Waals surface area (Å²) in [5, 5.41) is 0.971. The number of fused-ring (bicyclic) bond motifs is 3. The number of aryl methyl sites for hydroxylation is 1. The van der Waals surface area contributed by atoms with Crippen molar-refractivity contribution in [2.75, 3.05) is 6.54 Å². The summed E-state index contributed by atoms with van der Waals surface area (Å²) in [7, 11) is -3.92. The Hall–Kier alpha value is -3.35. The SMILES string of the molecule is Cc1cc(F)cc(C[C@H]2CCCCC/C=C\[C@@H]3C[C@@]3(C(=O)NS(=O)(=O)C3(C)CC3)CC(=O)[C@@H]3C[C@@H](Oc4nc5ccc(Cl)cc5s4)CN3C2=O)c1. The molecule has 3 heterocycles. The number of aromatic nitrogens is 1. The third-order valence-corrected chi connectivity index (χ3v) is 14.5. The molecule has 3 fully saturated rings. The highest BCUT2D eigenvalue weighted by atomic mass is 35.5. The van der Waals surface area contributed by atoms with Crippen LogP contribution in [0.2, 0.25) is 5.02 Å². The topological polar surface area (TPSA) is 123 Å². The normalized spacial score (nSPS) is 28.7. The fourth-order valence-electron chi connectivity index (χ4n) is 7.70. The number of hydrogen-bond acceptors (Lipinski definition) is 8. The number of rotatable bonds is 7. The summed E-state index contributed by atoms with van der Waals surface area (Å²) in [5.74, 6) is -2.31. The Kier molecular flexibility index (Phi) is 9.81. The summed E-state index contributed by atoms with van der Waals surface area (Å²) in [5.41, 5.74) is 0.990. The van der Waals surface area contributed by atoms with Crippen molar-refractivity contribution in [3.63, 3.8) is 0 Å². The summed E-state index contributed by atoms with van der Waals surface area (Å²) >= 11 is 7.52. The van der Waals surface area contributed by atoms with E-state index in [-0.39, 0.29) is 42.8 Å². The number of amides is 2. The first-order valence-corrected chi connectivity index (χ1v) is 20.5. The van der Waals surface area contributed by atoms with Crippen LogP contribution in [-0.4, -0.2) is 59.3 Å². The van der Waals surface area contributed by atoms with Crippen LogP contribution in [0.1, 0.15) is 82.3 Å². The van der Waals surface area contributed by atoms with Crippen LogP contribution >= 0.6 is 22.9 Å². The van der Waals surface area contributed by atoms with Gasteiger partial charge in [0.1, 0.15) is 11.9 Å². The minimum atomic E-state index is -3.92. The standard InChI is InChI=1S/C38H43ClFN3O6S2/c1-23-14-24(17-28(40)15-23)16-25-8-6-4-3-5-7-9-26-20-38(26,35(46)42-51(47,48)37(2)12-13-37)21-32(44)31-19-29(22-43(31)34(25)45)49-36-41-30-11-10-27(39)18-33(30)50-36/h7,9-11,14-15,17-18,25-26,29,31H,3-6,8,12-13,16,19-22H2,1-2H3,(H,42,46)/b9-7-/t25-,26-,29-,31+,38-/m1/s1. The molecule has 272 valence electrons. The fourth-order valence-corrected chi connectivity index (χ4v) is 10.2. The number of nitrogens with zero attached hydrogens (tertiary/aromatic N) is 2. The molecular weight excluding hydrogens is 713 g/mol. The predicted octanol–water partition coefficient (Wildman–Crippen LogP) is 7.09. The van der Waals surface area contributed by atoms with Crippen molar-refractivity contribution in [2.24, 2.45) is 17.3 Å². The number of ether oxygens (including phenoxy) is 1. The summed E-state index contributed by atoms with van der Waals surface area (Å²) < 4.78 is 49.2. The lowest BCUT2D eigenvalue weighted by molar-refractivity contribution is -0.142. The van der Waals surface area contributed by atoms with Gasteiger partial charge in [0, 0.05) is 23.8 Å². The number of benzene rings is 2. The number of hydrogen-bond donors (Lipinski definition) is 1. The van der Waals surface area contributed by atoms with Crippen LogP contribution in [0, 0.1) is 30.0 Å². The average molecular weight is 756 g/mol. The molecule has 51 heavy (non-hydrogen) atoms. The molecule has 0 bridgehead atoms. The van der Waals surface area contributed by atoms with Crippen molar-refractivity contribution in [1.29, 1.82) is 0 Å². The molecule has 0 radical (unpaired) electrons. The summed E-state index contributed by atoms with van der Waals surface area (Å²) in [6.45, 7) is 3.58. The molecule has 1 aromatic heterocycles. The second-order valence-corrected chi connectivity index (χ2v) is 18.8. The molecule has 13 heteroatoms. The zero-order chi connectivity index (χ0) is 36.1. The van der Waals surface area contributed by atoms with Gasteiger partial charge in [-0.2, -0.15) is 0 Å². The molecular formula is C38H43ClFN3O6S2. The number of carbonyl (C=O) groups is 3. The Labute approximate surface area is 307 Å². The van der Waals surface area contributed by atoms with E-state index in [1.165, 1.54) is 23.5 Å². The summed E-state index contributed by atoms with van der Waals surface area (Å²) in [6, 6.07) is 9.28. The molecule has 1 saturated heterocycles. The lowest BCUT2D eigenvalue weighted by atomic mass is 9.89. The van der Waals surface area contributed by atoms with Crippen LogP contribution in [-0.2, 0) is 30.8 Å². The monoisotopic (exact) mass is 755 g/mol. The minimum absolute atomic E-state index is 0.139. The van der Waals surface area contributed by atoms with Crippen molar-refractivity contribution >= 4 is 60.8 Å². The molecule has 0 spiro atoms. The van der Waals surface area contributed by atoms with Crippen molar-refractivity contribution in [3.05, 3.63) is 70.5 Å². The highest BCUT2D eigenvalue weighted by Crippen LogP contribution is 2.57. The molecule has 4 aliphatic rings. The zero-order valence-corrected chi connectivity index (χ0v) is 31.2. The first kappa shape index (κ1) is 36.0. The van der Waals surface area contributed by atoms with Gasteiger partial charge in [-0.1, -0.05) is 54.0 Å². The number of carbonyl (C=O) groups excluding carboxylic acids is 3. The van der Waals surface area contributed by atoms with Gasteiger partial charge < -0.3 is 9.64 Å². The number of allylic oxidation sites excluding steroid dienone is 2. The molecule has 2 aliphatic carbocycles. The number of thiazole rings is 1. The van der Waals surface area contributed by atoms with Crippen LogP contribution < -0.4 is 9.46 Å². The molecule has 2 aliphatic heterocycles. The summed E-state index contributed by atoms with van der Waals surface area (Å²) in [4.78, 5) is 49.1. The molecule has 9 nitrogen and oxygen atoms in total. The smallest absolute Gasteiger partial charge is 0.274 e. The van der Waals surface area contributed by atoms with Gasteiger partial charge in [-0.05, 0) is 106 Å². The van der Waals surface area contributed by atoms with E-state index < -0.39 is 44.2 Å². The summed E-state index contributed by atoms with van der Waals surface area (Å²) in [6.07, 6.45) is 8.93. The third kappa shape index (κ3) is 7.60. The Bertz CT molecular complexity index is 1990. The second-order valence-electron chi connectivity index (χ2n) is 15.2. The van der Waals surface area contributed by atoms with E-state index in [2.05, 4.69) is 9.71 Å². The van der Waals surface area contributed by atoms with E-state index in [9.17, 15) is 27.2 Å². The Balaban J connectivity index is 1.19. The molecule has 2 amide bonds. The van der Waals surface area contributed by atoms with E-state index in [0.29, 0.717) is 42.3 Å². The molecule has 0 unspecified atom stereocenters. The van der Waals surface area contributed by atoms with Crippen molar-refractivity contribution in [1.82, 2.24) is 14.6 Å². The first-order chi connectivity index (χ1) is 24.2. The zero-order valence-electron chi connectivity index (χ0n) is 28.8. The van der Waals surface area contributed by atoms with Crippen molar-refractivity contribution in [2.45, 2.75) is 101 Å². The van der Waals surface area contributed by atoms with E-state index in [1.54, 1.807) is 30.0 Å². The van der Waals surface area contributed by atoms with Gasteiger partial charge in [-0.25, -0.2) is 17.8 Å². The quantitative estimate of drug-likeness (QED) is 0.256. The Morgan fingerprint density at radius 1 is 1.16 bits per heavy atom. The van der Waals surface area contributed by atoms with E-state index in [1.807, 2.05) is 25.1 Å². The Morgan fingerprint density at radius 2 is 1.96 bits per heavy atom. The number of Topliss-reactive ketones (excluding diaryl/α,β-unsaturated/α-hetero) is 1. The molecule has 2 saturated carbocycles. The highest BCUT2D eigenvalue weighted by Gasteiger charge is 2.62. The molecule has 7 rings (SSSR count). The average Bonchev–Trinajstić information content (AvgIpc) is 3.87. The maximum absolute atomic E-state index is 14.6. The van der Waals surface area contributed by atoms with E-state index in [4.69, 9.17) is 16.3 Å². The Morgan fingerprint density at radius 3 is 2.73 bits per heavy atom. The third-order valence-electron chi connectivity index (χ3n) is 11.1. The van der Waals surface area contributed by atoms with Crippen molar-refractivity contribution in [3.8, 4) is 5.19 Å². The highest BCUT2D eigenvalue weighted by molar-refractivity contribution is 7.91. The number of ketones is 1. The van der Waals surface area contributed by atoms with Crippen LogP contribution in [0.4, 0.5) is 4.39 Å². The van der Waals surface area contributed by atoms with Crippen LogP contribution in [0.25, 0.3) is 10.2 Å². The molecule has 1 N–H and O–H groups in total. The molecule has 5 atom stereocenters. The van der Waals surface area contributed by atoms with Gasteiger partial charge in [0.15, 0.2) is 5.78 Å². The fraction of sp³-hybridized carbons (Fsp3) is 0.526. The van der Waals surface area contributed by atoms with Crippen molar-refractivity contribution < 1.29 is 31.9 Å². The second kappa shape index (κ2) is 13.9. The van der Waals surface area contributed by atoms with Gasteiger partial charge in [0.05, 0.1) is 33.0 Å². The van der Waals surface area contributed by atoms with Crippen LogP contribution in [0.5, 0.6) is 5.19 Å². The molecule has 3 aromatic rings. The van der Waals surface area contributed by atoms with Gasteiger partial charge in [0.25, 0.3) is 5.19 Å². The largest absolute Gasteiger partial charge is 0.465 e. The van der Waals surface area contributed by atoms with Gasteiger partial charge in [0.2, 0.25) is 21.8 Å². The van der Waals surface area contributed by atoms with E-state index >= 15 is 0 Å². The number of nitrogens with one attached hydrogen (secondary N) is 1. The van der Waals surface area contributed by atoms with Gasteiger partial charge in [-0.3, -0.25) is 19.1 Å².